The second-order valence-corrected chi connectivity index (χ2v) is 5.53. The zero-order chi connectivity index (χ0) is 14.1. The predicted octanol–water partition coefficient (Wildman–Crippen LogP) is 2.91. The minimum Gasteiger partial charge on any atom is -0.335 e. The standard InChI is InChI=1S/C16H21N3O/c1-3-13-15(19-11-7-5-9-14(19)17-13)16(20)18-10-6-4-8-12(18)2/h5,7,9,11-12H,3-4,6,8,10H2,1-2H3. The molecule has 0 spiro atoms. The van der Waals surface area contributed by atoms with Gasteiger partial charge in [0.1, 0.15) is 11.3 Å². The van der Waals surface area contributed by atoms with Gasteiger partial charge in [0.2, 0.25) is 0 Å². The Morgan fingerprint density at radius 2 is 2.25 bits per heavy atom. The summed E-state index contributed by atoms with van der Waals surface area (Å²) in [6, 6.07) is 6.19. The normalized spacial score (nSPS) is 19.5. The van der Waals surface area contributed by atoms with E-state index in [2.05, 4.69) is 18.8 Å². The Balaban J connectivity index is 2.06. The van der Waals surface area contributed by atoms with Crippen molar-refractivity contribution in [1.82, 2.24) is 14.3 Å². The molecule has 3 heterocycles. The van der Waals surface area contributed by atoms with Crippen LogP contribution in [0.3, 0.4) is 0 Å². The molecule has 0 N–H and O–H groups in total. The zero-order valence-corrected chi connectivity index (χ0v) is 12.2. The minimum absolute atomic E-state index is 0.132. The number of nitrogens with zero attached hydrogens (tertiary/aromatic N) is 3. The Hall–Kier alpha value is -1.84. The molecule has 1 atom stereocenters. The number of carbonyl (C=O) groups excluding carboxylic acids is 1. The van der Waals surface area contributed by atoms with Crippen LogP contribution in [0.2, 0.25) is 0 Å². The van der Waals surface area contributed by atoms with Crippen molar-refractivity contribution >= 4 is 11.6 Å². The number of carbonyl (C=O) groups is 1. The summed E-state index contributed by atoms with van der Waals surface area (Å²) < 4.78 is 1.93. The maximum Gasteiger partial charge on any atom is 0.273 e. The van der Waals surface area contributed by atoms with Gasteiger partial charge >= 0.3 is 0 Å². The number of rotatable bonds is 2. The van der Waals surface area contributed by atoms with Gasteiger partial charge in [0.15, 0.2) is 0 Å². The summed E-state index contributed by atoms with van der Waals surface area (Å²) in [6.45, 7) is 5.06. The van der Waals surface area contributed by atoms with Gasteiger partial charge in [0.25, 0.3) is 5.91 Å². The molecule has 2 aromatic rings. The molecule has 3 rings (SSSR count). The van der Waals surface area contributed by atoms with Gasteiger partial charge < -0.3 is 4.90 Å². The van der Waals surface area contributed by atoms with Gasteiger partial charge in [-0.05, 0) is 44.7 Å². The SMILES string of the molecule is CCc1nc2ccccn2c1C(=O)N1CCCCC1C. The maximum absolute atomic E-state index is 12.9. The summed E-state index contributed by atoms with van der Waals surface area (Å²) in [5.74, 6) is 0.132. The van der Waals surface area contributed by atoms with Crippen LogP contribution in [0.5, 0.6) is 0 Å². The van der Waals surface area contributed by atoms with Crippen molar-refractivity contribution < 1.29 is 4.79 Å². The molecule has 1 aliphatic heterocycles. The Labute approximate surface area is 119 Å². The molecule has 0 bridgehead atoms. The van der Waals surface area contributed by atoms with Crippen LogP contribution < -0.4 is 0 Å². The molecule has 2 aromatic heterocycles. The smallest absolute Gasteiger partial charge is 0.273 e. The van der Waals surface area contributed by atoms with Crippen LogP contribution in [-0.2, 0) is 6.42 Å². The van der Waals surface area contributed by atoms with Crippen LogP contribution in [0.4, 0.5) is 0 Å². The molecule has 1 saturated heterocycles. The van der Waals surface area contributed by atoms with Crippen LogP contribution in [0, 0.1) is 0 Å². The number of piperidine rings is 1. The van der Waals surface area contributed by atoms with E-state index in [-0.39, 0.29) is 5.91 Å². The number of aromatic nitrogens is 2. The summed E-state index contributed by atoms with van der Waals surface area (Å²) in [7, 11) is 0. The molecule has 0 aromatic carbocycles. The Morgan fingerprint density at radius 1 is 1.40 bits per heavy atom. The van der Waals surface area contributed by atoms with Gasteiger partial charge in [0, 0.05) is 18.8 Å². The van der Waals surface area contributed by atoms with E-state index >= 15 is 0 Å². The van der Waals surface area contributed by atoms with Crippen molar-refractivity contribution in [2.45, 2.75) is 45.6 Å². The molecule has 4 nitrogen and oxygen atoms in total. The van der Waals surface area contributed by atoms with Crippen LogP contribution in [0.25, 0.3) is 5.65 Å². The van der Waals surface area contributed by atoms with Gasteiger partial charge in [-0.15, -0.1) is 0 Å². The number of hydrogen-bond acceptors (Lipinski definition) is 2. The first-order valence-electron chi connectivity index (χ1n) is 7.49. The average Bonchev–Trinajstić information content (AvgIpc) is 2.85. The van der Waals surface area contributed by atoms with E-state index < -0.39 is 0 Å². The predicted molar refractivity (Wildman–Crippen MR) is 78.9 cm³/mol. The highest BCUT2D eigenvalue weighted by atomic mass is 16.2. The van der Waals surface area contributed by atoms with Crippen molar-refractivity contribution in [3.05, 3.63) is 35.8 Å². The van der Waals surface area contributed by atoms with Crippen LogP contribution in [0.1, 0.15) is 49.3 Å². The van der Waals surface area contributed by atoms with Gasteiger partial charge in [-0.2, -0.15) is 0 Å². The Bertz CT molecular complexity index is 632. The molecular formula is C16H21N3O. The van der Waals surface area contributed by atoms with E-state index in [1.165, 1.54) is 6.42 Å². The quantitative estimate of drug-likeness (QED) is 0.842. The number of imidazole rings is 1. The van der Waals surface area contributed by atoms with Crippen LogP contribution >= 0.6 is 0 Å². The summed E-state index contributed by atoms with van der Waals surface area (Å²) in [5.41, 5.74) is 2.51. The number of likely N-dealkylation sites (tertiary alicyclic amines) is 1. The molecule has 0 radical (unpaired) electrons. The Morgan fingerprint density at radius 3 is 3.00 bits per heavy atom. The third-order valence-electron chi connectivity index (χ3n) is 4.20. The minimum atomic E-state index is 0.132. The molecule has 20 heavy (non-hydrogen) atoms. The molecule has 1 amide bonds. The monoisotopic (exact) mass is 271 g/mol. The first-order chi connectivity index (χ1) is 9.72. The second-order valence-electron chi connectivity index (χ2n) is 5.53. The molecule has 106 valence electrons. The first kappa shape index (κ1) is 13.2. The van der Waals surface area contributed by atoms with Gasteiger partial charge in [-0.1, -0.05) is 13.0 Å². The zero-order valence-electron chi connectivity index (χ0n) is 12.2. The van der Waals surface area contributed by atoms with E-state index in [1.807, 2.05) is 33.7 Å². The number of aryl methyl sites for hydroxylation is 1. The maximum atomic E-state index is 12.9. The van der Waals surface area contributed by atoms with E-state index in [0.717, 1.165) is 42.8 Å². The van der Waals surface area contributed by atoms with Gasteiger partial charge in [0.05, 0.1) is 5.69 Å². The van der Waals surface area contributed by atoms with Gasteiger partial charge in [-0.25, -0.2) is 4.98 Å². The van der Waals surface area contributed by atoms with Crippen molar-refractivity contribution in [2.24, 2.45) is 0 Å². The van der Waals surface area contributed by atoms with Crippen molar-refractivity contribution in [3.63, 3.8) is 0 Å². The lowest BCUT2D eigenvalue weighted by atomic mass is 10.0. The molecule has 4 heteroatoms. The lowest BCUT2D eigenvalue weighted by Gasteiger charge is -2.33. The molecule has 1 aliphatic rings. The lowest BCUT2D eigenvalue weighted by Crippen LogP contribution is -2.42. The topological polar surface area (TPSA) is 37.6 Å². The van der Waals surface area contributed by atoms with Crippen LogP contribution in [-0.4, -0.2) is 32.8 Å². The van der Waals surface area contributed by atoms with E-state index in [1.54, 1.807) is 0 Å². The first-order valence-corrected chi connectivity index (χ1v) is 7.49. The molecule has 0 saturated carbocycles. The number of hydrogen-bond donors (Lipinski definition) is 0. The van der Waals surface area contributed by atoms with Crippen molar-refractivity contribution in [2.75, 3.05) is 6.54 Å². The lowest BCUT2D eigenvalue weighted by molar-refractivity contribution is 0.0627. The summed E-state index contributed by atoms with van der Waals surface area (Å²) in [5, 5.41) is 0. The van der Waals surface area contributed by atoms with E-state index in [0.29, 0.717) is 6.04 Å². The highest BCUT2D eigenvalue weighted by Crippen LogP contribution is 2.22. The van der Waals surface area contributed by atoms with E-state index in [4.69, 9.17) is 0 Å². The third kappa shape index (κ3) is 2.09. The fourth-order valence-electron chi connectivity index (χ4n) is 3.05. The largest absolute Gasteiger partial charge is 0.335 e. The second kappa shape index (κ2) is 5.27. The Kier molecular flexibility index (Phi) is 3.47. The highest BCUT2D eigenvalue weighted by molar-refractivity contribution is 5.95. The highest BCUT2D eigenvalue weighted by Gasteiger charge is 2.28. The molecule has 0 aliphatic carbocycles. The molecule has 1 unspecified atom stereocenters. The summed E-state index contributed by atoms with van der Waals surface area (Å²) >= 11 is 0. The third-order valence-corrected chi connectivity index (χ3v) is 4.20. The number of fused-ring (bicyclic) bond motifs is 1. The van der Waals surface area contributed by atoms with Crippen LogP contribution in [0.15, 0.2) is 24.4 Å². The summed E-state index contributed by atoms with van der Waals surface area (Å²) in [4.78, 5) is 19.5. The number of pyridine rings is 1. The molecular weight excluding hydrogens is 250 g/mol. The van der Waals surface area contributed by atoms with Crippen molar-refractivity contribution in [1.29, 1.82) is 0 Å². The number of amides is 1. The summed E-state index contributed by atoms with van der Waals surface area (Å²) in [6.07, 6.45) is 6.14. The fourth-order valence-corrected chi connectivity index (χ4v) is 3.05. The van der Waals surface area contributed by atoms with Gasteiger partial charge in [-0.3, -0.25) is 9.20 Å². The average molecular weight is 271 g/mol. The van der Waals surface area contributed by atoms with E-state index in [9.17, 15) is 4.79 Å². The fraction of sp³-hybridized carbons (Fsp3) is 0.500. The van der Waals surface area contributed by atoms with Crippen molar-refractivity contribution in [3.8, 4) is 0 Å². The molecule has 1 fully saturated rings.